The summed E-state index contributed by atoms with van der Waals surface area (Å²) in [7, 11) is 0. The zero-order chi connectivity index (χ0) is 16.5. The van der Waals surface area contributed by atoms with Gasteiger partial charge in [0.2, 0.25) is 0 Å². The molecule has 1 N–H and O–H groups in total. The van der Waals surface area contributed by atoms with Gasteiger partial charge in [-0.05, 0) is 49.6 Å². The molecule has 122 valence electrons. The van der Waals surface area contributed by atoms with Gasteiger partial charge in [-0.25, -0.2) is 4.68 Å². The molecule has 24 heavy (non-hydrogen) atoms. The minimum absolute atomic E-state index is 0.717. The lowest BCUT2D eigenvalue weighted by Crippen LogP contribution is -2.07. The first-order valence-corrected chi connectivity index (χ1v) is 9.27. The van der Waals surface area contributed by atoms with E-state index in [0.717, 1.165) is 45.2 Å². The molecule has 0 saturated carbocycles. The van der Waals surface area contributed by atoms with E-state index in [1.165, 1.54) is 18.4 Å². The van der Waals surface area contributed by atoms with E-state index in [4.69, 9.17) is 16.7 Å². The van der Waals surface area contributed by atoms with Crippen molar-refractivity contribution in [1.82, 2.24) is 9.78 Å². The number of nitrogens with zero attached hydrogens (tertiary/aromatic N) is 2. The third-order valence-corrected chi connectivity index (χ3v) is 5.01. The summed E-state index contributed by atoms with van der Waals surface area (Å²) in [5, 5.41) is 9.21. The molecule has 0 saturated heterocycles. The van der Waals surface area contributed by atoms with Crippen molar-refractivity contribution >= 4 is 33.3 Å². The first-order valence-electron chi connectivity index (χ1n) is 8.10. The van der Waals surface area contributed by atoms with Gasteiger partial charge in [0.25, 0.3) is 0 Å². The third kappa shape index (κ3) is 2.96. The fraction of sp³-hybridized carbons (Fsp3) is 0.211. The van der Waals surface area contributed by atoms with Crippen LogP contribution in [-0.2, 0) is 6.42 Å². The van der Waals surface area contributed by atoms with Crippen LogP contribution < -0.4 is 5.32 Å². The molecule has 4 rings (SSSR count). The third-order valence-electron chi connectivity index (χ3n) is 4.28. The summed E-state index contributed by atoms with van der Waals surface area (Å²) in [6.45, 7) is 0.969. The Labute approximate surface area is 154 Å². The minimum atomic E-state index is 0.717. The second-order valence-electron chi connectivity index (χ2n) is 5.96. The molecular weight excluding hydrogens is 386 g/mol. The molecule has 2 aromatic carbocycles. The lowest BCUT2D eigenvalue weighted by molar-refractivity contribution is 0.780. The molecule has 0 bridgehead atoms. The van der Waals surface area contributed by atoms with E-state index < -0.39 is 0 Å². The van der Waals surface area contributed by atoms with Crippen LogP contribution in [0.5, 0.6) is 0 Å². The molecule has 2 heterocycles. The zero-order valence-corrected chi connectivity index (χ0v) is 15.4. The van der Waals surface area contributed by atoms with Gasteiger partial charge < -0.3 is 5.32 Å². The van der Waals surface area contributed by atoms with Gasteiger partial charge in [-0.3, -0.25) is 0 Å². The quantitative estimate of drug-likeness (QED) is 0.595. The average molecular weight is 403 g/mol. The molecule has 5 heteroatoms. The minimum Gasteiger partial charge on any atom is -0.370 e. The normalized spacial score (nSPS) is 13.9. The fourth-order valence-electron chi connectivity index (χ4n) is 3.16. The van der Waals surface area contributed by atoms with Gasteiger partial charge in [-0.15, -0.1) is 0 Å². The van der Waals surface area contributed by atoms with Crippen molar-refractivity contribution in [2.75, 3.05) is 11.9 Å². The van der Waals surface area contributed by atoms with Crippen LogP contribution in [0.15, 0.2) is 53.0 Å². The van der Waals surface area contributed by atoms with Crippen LogP contribution in [-0.4, -0.2) is 16.3 Å². The van der Waals surface area contributed by atoms with Crippen LogP contribution in [0.1, 0.15) is 18.4 Å². The Morgan fingerprint density at radius 2 is 1.96 bits per heavy atom. The summed E-state index contributed by atoms with van der Waals surface area (Å²) < 4.78 is 3.05. The van der Waals surface area contributed by atoms with Crippen molar-refractivity contribution in [3.05, 3.63) is 63.6 Å². The largest absolute Gasteiger partial charge is 0.370 e. The number of aromatic nitrogens is 2. The van der Waals surface area contributed by atoms with Gasteiger partial charge in [0.1, 0.15) is 5.82 Å². The molecule has 1 aromatic heterocycles. The maximum absolute atomic E-state index is 6.19. The second-order valence-corrected chi connectivity index (χ2v) is 7.31. The van der Waals surface area contributed by atoms with Gasteiger partial charge in [0.15, 0.2) is 0 Å². The SMILES string of the molecule is Clc1cccc(-n2nc(-c3cccc(Br)c3)c3c2NCCCC3)c1. The number of halogens is 2. The van der Waals surface area contributed by atoms with E-state index in [1.807, 2.05) is 41.1 Å². The summed E-state index contributed by atoms with van der Waals surface area (Å²) in [5.74, 6) is 1.09. The predicted octanol–water partition coefficient (Wildman–Crippen LogP) is 5.70. The molecule has 0 unspecified atom stereocenters. The smallest absolute Gasteiger partial charge is 0.133 e. The molecule has 0 fully saturated rings. The molecule has 3 nitrogen and oxygen atoms in total. The number of hydrogen-bond acceptors (Lipinski definition) is 2. The summed E-state index contributed by atoms with van der Waals surface area (Å²) in [6.07, 6.45) is 3.37. The van der Waals surface area contributed by atoms with Crippen molar-refractivity contribution in [3.63, 3.8) is 0 Å². The Hall–Kier alpha value is -1.78. The highest BCUT2D eigenvalue weighted by Crippen LogP contribution is 2.35. The molecule has 1 aliphatic heterocycles. The monoisotopic (exact) mass is 401 g/mol. The predicted molar refractivity (Wildman–Crippen MR) is 103 cm³/mol. The summed E-state index contributed by atoms with van der Waals surface area (Å²) in [4.78, 5) is 0. The first-order chi connectivity index (χ1) is 11.7. The van der Waals surface area contributed by atoms with Gasteiger partial charge in [0, 0.05) is 27.2 Å². The Balaban J connectivity index is 1.92. The van der Waals surface area contributed by atoms with Crippen LogP contribution in [0.3, 0.4) is 0 Å². The van der Waals surface area contributed by atoms with E-state index in [9.17, 15) is 0 Å². The number of rotatable bonds is 2. The van der Waals surface area contributed by atoms with E-state index >= 15 is 0 Å². The molecular formula is C19H17BrClN3. The Kier molecular flexibility index (Phi) is 4.33. The van der Waals surface area contributed by atoms with Crippen LogP contribution >= 0.6 is 27.5 Å². The van der Waals surface area contributed by atoms with Gasteiger partial charge in [-0.1, -0.05) is 45.7 Å². The fourth-order valence-corrected chi connectivity index (χ4v) is 3.75. The highest BCUT2D eigenvalue weighted by Gasteiger charge is 2.21. The van der Waals surface area contributed by atoms with E-state index in [-0.39, 0.29) is 0 Å². The highest BCUT2D eigenvalue weighted by atomic mass is 79.9. The van der Waals surface area contributed by atoms with Gasteiger partial charge in [-0.2, -0.15) is 5.10 Å². The molecule has 0 amide bonds. The summed E-state index contributed by atoms with van der Waals surface area (Å²) in [6, 6.07) is 16.2. The Morgan fingerprint density at radius 1 is 1.08 bits per heavy atom. The molecule has 0 atom stereocenters. The standard InChI is InChI=1S/C19H17BrClN3/c20-14-6-3-5-13(11-14)18-17-9-1-2-10-22-19(17)24(23-18)16-8-4-7-15(21)12-16/h3-8,11-12,22H,1-2,9-10H2. The topological polar surface area (TPSA) is 29.9 Å². The number of anilines is 1. The maximum atomic E-state index is 6.19. The Bertz CT molecular complexity index is 818. The average Bonchev–Trinajstić information content (AvgIpc) is 2.76. The summed E-state index contributed by atoms with van der Waals surface area (Å²) in [5.41, 5.74) is 4.44. The number of benzene rings is 2. The van der Waals surface area contributed by atoms with Crippen molar-refractivity contribution in [2.45, 2.75) is 19.3 Å². The molecule has 0 aliphatic carbocycles. The van der Waals surface area contributed by atoms with Crippen LogP contribution in [0, 0.1) is 0 Å². The van der Waals surface area contributed by atoms with Crippen molar-refractivity contribution in [2.24, 2.45) is 0 Å². The van der Waals surface area contributed by atoms with E-state index in [1.54, 1.807) is 0 Å². The zero-order valence-electron chi connectivity index (χ0n) is 13.1. The Morgan fingerprint density at radius 3 is 2.79 bits per heavy atom. The van der Waals surface area contributed by atoms with Crippen LogP contribution in [0.25, 0.3) is 16.9 Å². The lowest BCUT2D eigenvalue weighted by atomic mass is 10.0. The highest BCUT2D eigenvalue weighted by molar-refractivity contribution is 9.10. The van der Waals surface area contributed by atoms with Crippen molar-refractivity contribution in [1.29, 1.82) is 0 Å². The van der Waals surface area contributed by atoms with E-state index in [0.29, 0.717) is 0 Å². The van der Waals surface area contributed by atoms with Gasteiger partial charge in [0.05, 0.1) is 11.4 Å². The number of nitrogens with one attached hydrogen (secondary N) is 1. The number of hydrogen-bond donors (Lipinski definition) is 1. The van der Waals surface area contributed by atoms with Crippen molar-refractivity contribution < 1.29 is 0 Å². The van der Waals surface area contributed by atoms with Crippen LogP contribution in [0.2, 0.25) is 5.02 Å². The molecule has 0 spiro atoms. The molecule has 1 aliphatic rings. The van der Waals surface area contributed by atoms with Crippen molar-refractivity contribution in [3.8, 4) is 16.9 Å². The summed E-state index contributed by atoms with van der Waals surface area (Å²) >= 11 is 9.75. The van der Waals surface area contributed by atoms with Crippen LogP contribution in [0.4, 0.5) is 5.82 Å². The van der Waals surface area contributed by atoms with E-state index in [2.05, 4.69) is 33.4 Å². The number of fused-ring (bicyclic) bond motifs is 1. The first kappa shape index (κ1) is 15.7. The lowest BCUT2D eigenvalue weighted by Gasteiger charge is -2.09. The maximum Gasteiger partial charge on any atom is 0.133 e. The van der Waals surface area contributed by atoms with Gasteiger partial charge >= 0.3 is 0 Å². The second kappa shape index (κ2) is 6.61. The molecule has 0 radical (unpaired) electrons. The molecule has 3 aromatic rings.